The van der Waals surface area contributed by atoms with Gasteiger partial charge in [-0.1, -0.05) is 61.5 Å². The molecule has 1 unspecified atom stereocenters. The Bertz CT molecular complexity index is 1370. The zero-order valence-electron chi connectivity index (χ0n) is 20.1. The number of anilines is 2. The van der Waals surface area contributed by atoms with Crippen LogP contribution in [0.25, 0.3) is 10.8 Å². The second-order valence-electron chi connectivity index (χ2n) is 9.23. The van der Waals surface area contributed by atoms with Gasteiger partial charge < -0.3 is 19.8 Å². The molecule has 5 rings (SSSR count). The third-order valence-electron chi connectivity index (χ3n) is 6.88. The quantitative estimate of drug-likeness (QED) is 0.272. The smallest absolute Gasteiger partial charge is 0.339 e. The Morgan fingerprint density at radius 2 is 1.78 bits per heavy atom. The van der Waals surface area contributed by atoms with E-state index in [-0.39, 0.29) is 29.8 Å². The van der Waals surface area contributed by atoms with E-state index in [0.29, 0.717) is 12.5 Å². The van der Waals surface area contributed by atoms with Crippen molar-refractivity contribution in [2.24, 2.45) is 0 Å². The van der Waals surface area contributed by atoms with Crippen molar-refractivity contribution in [1.29, 1.82) is 0 Å². The van der Waals surface area contributed by atoms with Gasteiger partial charge in [0.05, 0.1) is 12.2 Å². The molecule has 2 atom stereocenters. The van der Waals surface area contributed by atoms with Gasteiger partial charge in [-0.25, -0.2) is 4.79 Å². The number of aromatic carboxylic acids is 1. The summed E-state index contributed by atoms with van der Waals surface area (Å²) in [5, 5.41) is 22.0. The standard InChI is InChI=1S/C30H29NO4.ClH/c1-20(24-13-7-10-21-9-2-3-12-25(21)24)8-6-11-23-19-31(27-14-4-5-15-29(27)35-23)22-16-17-28(32)26(18-22)30(33)34;/h2-5,7,9-10,12-18,20,23,32H,6,8,11,19H2,1H3,(H,33,34);1H/t20-,23?;/m0./s1. The van der Waals surface area contributed by atoms with Crippen molar-refractivity contribution < 1.29 is 19.7 Å². The number of aromatic hydroxyl groups is 1. The predicted molar refractivity (Wildman–Crippen MR) is 146 cm³/mol. The Balaban J connectivity index is 0.00000304. The normalized spacial score (nSPS) is 15.5. The molecule has 1 aliphatic rings. The third kappa shape index (κ3) is 5.12. The van der Waals surface area contributed by atoms with Gasteiger partial charge in [0.1, 0.15) is 23.2 Å². The molecule has 0 fully saturated rings. The van der Waals surface area contributed by atoms with E-state index in [1.165, 1.54) is 28.5 Å². The Hall–Kier alpha value is -3.70. The zero-order valence-corrected chi connectivity index (χ0v) is 20.9. The van der Waals surface area contributed by atoms with Crippen molar-refractivity contribution in [2.45, 2.75) is 38.2 Å². The SMILES string of the molecule is C[C@@H](CCCC1CN(c2ccc(O)c(C(=O)O)c2)c2ccccc2O1)c1cccc2ccccc12.Cl. The van der Waals surface area contributed by atoms with Gasteiger partial charge in [-0.2, -0.15) is 0 Å². The second kappa shape index (κ2) is 10.9. The molecule has 6 heteroatoms. The number of ether oxygens (including phenoxy) is 1. The van der Waals surface area contributed by atoms with E-state index in [4.69, 9.17) is 4.74 Å². The highest BCUT2D eigenvalue weighted by Crippen LogP contribution is 2.40. The van der Waals surface area contributed by atoms with Gasteiger partial charge in [0.15, 0.2) is 0 Å². The van der Waals surface area contributed by atoms with Crippen LogP contribution in [0.3, 0.4) is 0 Å². The minimum absolute atomic E-state index is 0. The van der Waals surface area contributed by atoms with Gasteiger partial charge >= 0.3 is 5.97 Å². The molecule has 4 aromatic rings. The van der Waals surface area contributed by atoms with Crippen molar-refractivity contribution in [3.05, 3.63) is 96.1 Å². The fourth-order valence-corrected chi connectivity index (χ4v) is 5.04. The van der Waals surface area contributed by atoms with Crippen molar-refractivity contribution in [1.82, 2.24) is 0 Å². The van der Waals surface area contributed by atoms with Crippen LogP contribution in [0, 0.1) is 0 Å². The number of phenols is 1. The molecule has 2 N–H and O–H groups in total. The predicted octanol–water partition coefficient (Wildman–Crippen LogP) is 7.54. The first-order valence-corrected chi connectivity index (χ1v) is 12.1. The molecule has 1 heterocycles. The minimum Gasteiger partial charge on any atom is -0.507 e. The fraction of sp³-hybridized carbons (Fsp3) is 0.233. The van der Waals surface area contributed by atoms with Crippen LogP contribution in [0.2, 0.25) is 0 Å². The van der Waals surface area contributed by atoms with E-state index >= 15 is 0 Å². The molecular formula is C30H30ClNO4. The van der Waals surface area contributed by atoms with Crippen LogP contribution in [0.1, 0.15) is 48.0 Å². The molecule has 0 saturated heterocycles. The lowest BCUT2D eigenvalue weighted by molar-refractivity contribution is 0.0693. The summed E-state index contributed by atoms with van der Waals surface area (Å²) < 4.78 is 6.34. The monoisotopic (exact) mass is 503 g/mol. The first-order valence-electron chi connectivity index (χ1n) is 12.1. The average Bonchev–Trinajstić information content (AvgIpc) is 2.88. The van der Waals surface area contributed by atoms with E-state index in [1.807, 2.05) is 24.3 Å². The maximum atomic E-state index is 11.6. The van der Waals surface area contributed by atoms with E-state index in [0.717, 1.165) is 36.4 Å². The van der Waals surface area contributed by atoms with E-state index < -0.39 is 5.97 Å². The summed E-state index contributed by atoms with van der Waals surface area (Å²) in [4.78, 5) is 13.7. The van der Waals surface area contributed by atoms with Crippen LogP contribution < -0.4 is 9.64 Å². The molecule has 36 heavy (non-hydrogen) atoms. The number of carbonyl (C=O) groups is 1. The van der Waals surface area contributed by atoms with Gasteiger partial charge in [0.25, 0.3) is 0 Å². The molecular weight excluding hydrogens is 474 g/mol. The Kier molecular flexibility index (Phi) is 7.70. The summed E-state index contributed by atoms with van der Waals surface area (Å²) in [7, 11) is 0. The fourth-order valence-electron chi connectivity index (χ4n) is 5.04. The number of para-hydroxylation sites is 2. The van der Waals surface area contributed by atoms with E-state index in [1.54, 1.807) is 6.07 Å². The lowest BCUT2D eigenvalue weighted by Gasteiger charge is -2.36. The van der Waals surface area contributed by atoms with Crippen LogP contribution in [-0.4, -0.2) is 28.8 Å². The number of halogens is 1. The first-order chi connectivity index (χ1) is 17.0. The number of nitrogens with zero attached hydrogens (tertiary/aromatic N) is 1. The zero-order chi connectivity index (χ0) is 24.4. The number of fused-ring (bicyclic) bond motifs is 2. The molecule has 0 spiro atoms. The third-order valence-corrected chi connectivity index (χ3v) is 6.88. The summed E-state index contributed by atoms with van der Waals surface area (Å²) in [6, 6.07) is 27.6. The van der Waals surface area contributed by atoms with Crippen LogP contribution in [0.5, 0.6) is 11.5 Å². The summed E-state index contributed by atoms with van der Waals surface area (Å²) in [5.41, 5.74) is 2.90. The highest BCUT2D eigenvalue weighted by molar-refractivity contribution is 5.92. The second-order valence-corrected chi connectivity index (χ2v) is 9.23. The molecule has 186 valence electrons. The topological polar surface area (TPSA) is 70.0 Å². The van der Waals surface area contributed by atoms with Crippen LogP contribution >= 0.6 is 12.4 Å². The maximum Gasteiger partial charge on any atom is 0.339 e. The summed E-state index contributed by atoms with van der Waals surface area (Å²) in [6.45, 7) is 2.90. The minimum atomic E-state index is -1.15. The highest BCUT2D eigenvalue weighted by Gasteiger charge is 2.27. The molecule has 4 aromatic carbocycles. The molecule has 1 aliphatic heterocycles. The van der Waals surface area contributed by atoms with Crippen molar-refractivity contribution >= 4 is 40.5 Å². The van der Waals surface area contributed by atoms with Crippen molar-refractivity contribution in [3.63, 3.8) is 0 Å². The van der Waals surface area contributed by atoms with Crippen molar-refractivity contribution in [3.8, 4) is 11.5 Å². The number of benzene rings is 4. The molecule has 5 nitrogen and oxygen atoms in total. The van der Waals surface area contributed by atoms with Crippen LogP contribution in [-0.2, 0) is 0 Å². The Morgan fingerprint density at radius 1 is 1.03 bits per heavy atom. The van der Waals surface area contributed by atoms with E-state index in [9.17, 15) is 15.0 Å². The number of carboxylic acid groups (broad SMARTS) is 1. The van der Waals surface area contributed by atoms with Crippen LogP contribution in [0.15, 0.2) is 84.9 Å². The molecule has 0 radical (unpaired) electrons. The number of carboxylic acids is 1. The van der Waals surface area contributed by atoms with Gasteiger partial charge in [-0.3, -0.25) is 0 Å². The first kappa shape index (κ1) is 25.4. The van der Waals surface area contributed by atoms with Gasteiger partial charge in [0, 0.05) is 5.69 Å². The Morgan fingerprint density at radius 3 is 2.61 bits per heavy atom. The summed E-state index contributed by atoms with van der Waals surface area (Å²) in [6.07, 6.45) is 2.94. The van der Waals surface area contributed by atoms with Crippen molar-refractivity contribution in [2.75, 3.05) is 11.4 Å². The van der Waals surface area contributed by atoms with Gasteiger partial charge in [0.2, 0.25) is 0 Å². The number of hydrogen-bond donors (Lipinski definition) is 2. The number of rotatable bonds is 7. The lowest BCUT2D eigenvalue weighted by Crippen LogP contribution is -2.37. The highest BCUT2D eigenvalue weighted by atomic mass is 35.5. The molecule has 0 amide bonds. The Labute approximate surface area is 217 Å². The van der Waals surface area contributed by atoms with E-state index in [2.05, 4.69) is 54.3 Å². The molecule has 0 bridgehead atoms. The number of hydrogen-bond acceptors (Lipinski definition) is 4. The average molecular weight is 504 g/mol. The summed E-state index contributed by atoms with van der Waals surface area (Å²) >= 11 is 0. The summed E-state index contributed by atoms with van der Waals surface area (Å²) in [5.74, 6) is -0.161. The largest absolute Gasteiger partial charge is 0.507 e. The maximum absolute atomic E-state index is 11.6. The molecule has 0 saturated carbocycles. The van der Waals surface area contributed by atoms with Gasteiger partial charge in [-0.15, -0.1) is 12.4 Å². The molecule has 0 aromatic heterocycles. The molecule has 0 aliphatic carbocycles. The van der Waals surface area contributed by atoms with Gasteiger partial charge in [-0.05, 0) is 71.8 Å². The van der Waals surface area contributed by atoms with Crippen LogP contribution in [0.4, 0.5) is 11.4 Å². The lowest BCUT2D eigenvalue weighted by atomic mass is 9.90.